The van der Waals surface area contributed by atoms with Crippen molar-refractivity contribution in [3.63, 3.8) is 0 Å². The monoisotopic (exact) mass is 249 g/mol. The number of hydrogen-bond donors (Lipinski definition) is 1. The highest BCUT2D eigenvalue weighted by Gasteiger charge is 2.20. The van der Waals surface area contributed by atoms with Gasteiger partial charge in [-0.15, -0.1) is 0 Å². The first-order valence-electron chi connectivity index (χ1n) is 6.78. The fourth-order valence-electron chi connectivity index (χ4n) is 2.16. The first-order chi connectivity index (χ1) is 8.25. The van der Waals surface area contributed by atoms with Crippen molar-refractivity contribution in [2.45, 2.75) is 59.4 Å². The molecule has 1 aromatic rings. The van der Waals surface area contributed by atoms with Crippen molar-refractivity contribution >= 4 is 0 Å². The molecule has 0 aliphatic carbocycles. The lowest BCUT2D eigenvalue weighted by molar-refractivity contribution is 0.329. The molecule has 0 aliphatic rings. The van der Waals surface area contributed by atoms with E-state index in [4.69, 9.17) is 10.5 Å². The highest BCUT2D eigenvalue weighted by Crippen LogP contribution is 2.34. The molecule has 0 aromatic heterocycles. The van der Waals surface area contributed by atoms with Crippen LogP contribution in [0.15, 0.2) is 12.1 Å². The standard InChI is InChI=1S/C16H27NO/c1-7-18-15-10-13(9-12(3)17)11(2)8-14(15)16(4,5)6/h8,10,12H,7,9,17H2,1-6H3. The third-order valence-electron chi connectivity index (χ3n) is 3.09. The summed E-state index contributed by atoms with van der Waals surface area (Å²) in [5.41, 5.74) is 9.87. The van der Waals surface area contributed by atoms with Gasteiger partial charge in [0.05, 0.1) is 6.61 Å². The van der Waals surface area contributed by atoms with Gasteiger partial charge in [0.25, 0.3) is 0 Å². The fourth-order valence-corrected chi connectivity index (χ4v) is 2.16. The lowest BCUT2D eigenvalue weighted by Crippen LogP contribution is -2.19. The molecule has 0 saturated heterocycles. The lowest BCUT2D eigenvalue weighted by Gasteiger charge is -2.25. The predicted molar refractivity (Wildman–Crippen MR) is 78.4 cm³/mol. The van der Waals surface area contributed by atoms with Gasteiger partial charge in [-0.1, -0.05) is 26.8 Å². The molecular formula is C16H27NO. The van der Waals surface area contributed by atoms with Crippen molar-refractivity contribution in [2.75, 3.05) is 6.61 Å². The lowest BCUT2D eigenvalue weighted by atomic mass is 9.84. The Labute approximate surface area is 112 Å². The molecule has 0 heterocycles. The van der Waals surface area contributed by atoms with Gasteiger partial charge in [0.2, 0.25) is 0 Å². The smallest absolute Gasteiger partial charge is 0.123 e. The van der Waals surface area contributed by atoms with E-state index >= 15 is 0 Å². The molecule has 1 aromatic carbocycles. The minimum atomic E-state index is 0.0993. The van der Waals surface area contributed by atoms with Crippen LogP contribution < -0.4 is 10.5 Å². The zero-order chi connectivity index (χ0) is 13.9. The summed E-state index contributed by atoms with van der Waals surface area (Å²) < 4.78 is 5.80. The quantitative estimate of drug-likeness (QED) is 0.885. The summed E-state index contributed by atoms with van der Waals surface area (Å²) in [6.07, 6.45) is 0.899. The number of aryl methyl sites for hydroxylation is 1. The molecule has 18 heavy (non-hydrogen) atoms. The first-order valence-corrected chi connectivity index (χ1v) is 6.78. The second-order valence-corrected chi connectivity index (χ2v) is 6.14. The minimum Gasteiger partial charge on any atom is -0.494 e. The van der Waals surface area contributed by atoms with Crippen LogP contribution in [-0.2, 0) is 11.8 Å². The van der Waals surface area contributed by atoms with Crippen LogP contribution in [0.5, 0.6) is 5.75 Å². The topological polar surface area (TPSA) is 35.2 Å². The Hall–Kier alpha value is -1.02. The Bertz CT molecular complexity index is 402. The molecule has 0 aliphatic heterocycles. The molecule has 1 unspecified atom stereocenters. The molecular weight excluding hydrogens is 222 g/mol. The van der Waals surface area contributed by atoms with E-state index in [0.29, 0.717) is 6.61 Å². The average Bonchev–Trinajstić information content (AvgIpc) is 2.20. The summed E-state index contributed by atoms with van der Waals surface area (Å²) in [5, 5.41) is 0. The van der Waals surface area contributed by atoms with Crippen LogP contribution in [0.3, 0.4) is 0 Å². The van der Waals surface area contributed by atoms with Crippen LogP contribution in [0.4, 0.5) is 0 Å². The van der Waals surface area contributed by atoms with Crippen LogP contribution in [0.25, 0.3) is 0 Å². The van der Waals surface area contributed by atoms with Gasteiger partial charge in [-0.25, -0.2) is 0 Å². The van der Waals surface area contributed by atoms with Crippen molar-refractivity contribution in [3.05, 3.63) is 28.8 Å². The van der Waals surface area contributed by atoms with Gasteiger partial charge >= 0.3 is 0 Å². The van der Waals surface area contributed by atoms with E-state index in [-0.39, 0.29) is 11.5 Å². The zero-order valence-corrected chi connectivity index (χ0v) is 12.6. The first kappa shape index (κ1) is 15.0. The third kappa shape index (κ3) is 3.74. The summed E-state index contributed by atoms with van der Waals surface area (Å²) in [5.74, 6) is 1.01. The summed E-state index contributed by atoms with van der Waals surface area (Å²) in [7, 11) is 0. The number of rotatable bonds is 4. The van der Waals surface area contributed by atoms with E-state index in [9.17, 15) is 0 Å². The SMILES string of the molecule is CCOc1cc(CC(C)N)c(C)cc1C(C)(C)C. The van der Waals surface area contributed by atoms with E-state index in [1.54, 1.807) is 0 Å². The van der Waals surface area contributed by atoms with E-state index in [2.05, 4.69) is 39.8 Å². The molecule has 1 atom stereocenters. The predicted octanol–water partition coefficient (Wildman–Crippen LogP) is 3.58. The maximum absolute atomic E-state index is 5.90. The van der Waals surface area contributed by atoms with Crippen molar-refractivity contribution in [1.82, 2.24) is 0 Å². The molecule has 2 N–H and O–H groups in total. The molecule has 102 valence electrons. The summed E-state index contributed by atoms with van der Waals surface area (Å²) in [4.78, 5) is 0. The molecule has 0 fully saturated rings. The normalized spacial score (nSPS) is 13.5. The van der Waals surface area contributed by atoms with E-state index in [0.717, 1.165) is 12.2 Å². The second kappa shape index (κ2) is 5.75. The molecule has 2 nitrogen and oxygen atoms in total. The van der Waals surface area contributed by atoms with Gasteiger partial charge in [0, 0.05) is 6.04 Å². The number of nitrogens with two attached hydrogens (primary N) is 1. The highest BCUT2D eigenvalue weighted by atomic mass is 16.5. The third-order valence-corrected chi connectivity index (χ3v) is 3.09. The molecule has 2 heteroatoms. The Morgan fingerprint density at radius 3 is 2.33 bits per heavy atom. The van der Waals surface area contributed by atoms with Crippen LogP contribution in [0, 0.1) is 6.92 Å². The summed E-state index contributed by atoms with van der Waals surface area (Å²) in [6.45, 7) is 13.6. The molecule has 1 rings (SSSR count). The molecule has 0 spiro atoms. The van der Waals surface area contributed by atoms with Crippen molar-refractivity contribution < 1.29 is 4.74 Å². The van der Waals surface area contributed by atoms with E-state index in [1.807, 2.05) is 13.8 Å². The number of benzene rings is 1. The average molecular weight is 249 g/mol. The van der Waals surface area contributed by atoms with Gasteiger partial charge in [-0.2, -0.15) is 0 Å². The minimum absolute atomic E-state index is 0.0993. The largest absolute Gasteiger partial charge is 0.494 e. The molecule has 0 radical (unpaired) electrons. The Kier molecular flexibility index (Phi) is 4.80. The van der Waals surface area contributed by atoms with Crippen molar-refractivity contribution in [3.8, 4) is 5.75 Å². The summed E-state index contributed by atoms with van der Waals surface area (Å²) >= 11 is 0. The molecule has 0 saturated carbocycles. The second-order valence-electron chi connectivity index (χ2n) is 6.14. The Balaban J connectivity index is 3.25. The van der Waals surface area contributed by atoms with Gasteiger partial charge in [0.15, 0.2) is 0 Å². The Morgan fingerprint density at radius 1 is 1.28 bits per heavy atom. The van der Waals surface area contributed by atoms with Gasteiger partial charge < -0.3 is 10.5 Å². The van der Waals surface area contributed by atoms with Crippen LogP contribution in [0.1, 0.15) is 51.3 Å². The molecule has 0 amide bonds. The maximum Gasteiger partial charge on any atom is 0.123 e. The Morgan fingerprint density at radius 2 is 1.89 bits per heavy atom. The molecule has 0 bridgehead atoms. The maximum atomic E-state index is 5.90. The van der Waals surface area contributed by atoms with Crippen molar-refractivity contribution in [2.24, 2.45) is 5.73 Å². The number of hydrogen-bond acceptors (Lipinski definition) is 2. The van der Waals surface area contributed by atoms with Crippen LogP contribution in [-0.4, -0.2) is 12.6 Å². The van der Waals surface area contributed by atoms with Gasteiger partial charge in [-0.3, -0.25) is 0 Å². The highest BCUT2D eigenvalue weighted by molar-refractivity contribution is 5.46. The summed E-state index contributed by atoms with van der Waals surface area (Å²) in [6, 6.07) is 4.60. The van der Waals surface area contributed by atoms with Gasteiger partial charge in [-0.05, 0) is 55.4 Å². The fraction of sp³-hybridized carbons (Fsp3) is 0.625. The van der Waals surface area contributed by atoms with Crippen LogP contribution >= 0.6 is 0 Å². The number of ether oxygens (including phenoxy) is 1. The van der Waals surface area contributed by atoms with Crippen LogP contribution in [0.2, 0.25) is 0 Å². The van der Waals surface area contributed by atoms with E-state index < -0.39 is 0 Å². The van der Waals surface area contributed by atoms with Gasteiger partial charge in [0.1, 0.15) is 5.75 Å². The van der Waals surface area contributed by atoms with Crippen molar-refractivity contribution in [1.29, 1.82) is 0 Å². The zero-order valence-electron chi connectivity index (χ0n) is 12.6. The van der Waals surface area contributed by atoms with E-state index in [1.165, 1.54) is 16.7 Å².